The van der Waals surface area contributed by atoms with Crippen LogP contribution >= 0.6 is 0 Å². The van der Waals surface area contributed by atoms with E-state index in [0.29, 0.717) is 0 Å². The van der Waals surface area contributed by atoms with Gasteiger partial charge in [0, 0.05) is 0 Å². The van der Waals surface area contributed by atoms with Crippen molar-refractivity contribution >= 4 is 7.25 Å². The van der Waals surface area contributed by atoms with Crippen molar-refractivity contribution in [3.8, 4) is 5.75 Å². The second kappa shape index (κ2) is 6.10. The number of rotatable bonds is 1. The van der Waals surface area contributed by atoms with Gasteiger partial charge in [0.25, 0.3) is 22.6 Å². The van der Waals surface area contributed by atoms with Crippen molar-refractivity contribution in [3.05, 3.63) is 27.8 Å². The lowest BCUT2D eigenvalue weighted by molar-refractivity contribution is -0.328. The molecule has 0 radical (unpaired) electrons. The van der Waals surface area contributed by atoms with Crippen LogP contribution in [0.15, 0.2) is 24.3 Å². The summed E-state index contributed by atoms with van der Waals surface area (Å²) in [5.74, 6) is 0.919. The minimum atomic E-state index is -6.00. The molecule has 0 spiro atoms. The zero-order chi connectivity index (χ0) is 11.2. The average Bonchev–Trinajstić information content (AvgIpc) is 2.03. The molecule has 0 fully saturated rings. The summed E-state index contributed by atoms with van der Waals surface area (Å²) < 4.78 is 45.2. The summed E-state index contributed by atoms with van der Waals surface area (Å²) in [6, 6.07) is 7.97. The quantitative estimate of drug-likeness (QED) is 0.383. The van der Waals surface area contributed by atoms with Crippen molar-refractivity contribution < 1.29 is 44.6 Å². The topological polar surface area (TPSA) is 9.23 Å². The minimum Gasteiger partial charge on any atom is -0.497 e. The van der Waals surface area contributed by atoms with Crippen molar-refractivity contribution in [1.29, 1.82) is 0 Å². The predicted octanol–water partition coefficient (Wildman–Crippen LogP) is -0.550. The van der Waals surface area contributed by atoms with Gasteiger partial charge in [0.15, 0.2) is 3.57 Å². The molecular formula is C7H8BF4IO. The summed E-state index contributed by atoms with van der Waals surface area (Å²) in [7, 11) is -4.33. The second-order valence-corrected chi connectivity index (χ2v) is 3.52. The molecule has 1 aromatic rings. The standard InChI is InChI=1S/C7H8IO.BF4/c1-9-7-4-2-6(8)3-5-7;2-1(3,4)5/h2-5,8H,1H3;/q+1;-1. The predicted molar refractivity (Wildman–Crippen MR) is 43.3 cm³/mol. The highest BCUT2D eigenvalue weighted by atomic mass is 127. The Bertz CT molecular complexity index is 255. The maximum absolute atomic E-state index is 9.75. The van der Waals surface area contributed by atoms with Crippen molar-refractivity contribution in [3.63, 3.8) is 0 Å². The SMILES string of the molecule is COc1ccc([IH+])cc1.F[B-](F)(F)F. The summed E-state index contributed by atoms with van der Waals surface area (Å²) in [6.45, 7) is 0. The minimum absolute atomic E-state index is 0.919. The Morgan fingerprint density at radius 3 is 1.71 bits per heavy atom. The molecule has 0 bridgehead atoms. The van der Waals surface area contributed by atoms with Crippen LogP contribution in [0.25, 0.3) is 0 Å². The maximum Gasteiger partial charge on any atom is 0.673 e. The van der Waals surface area contributed by atoms with Crippen molar-refractivity contribution in [2.75, 3.05) is 7.11 Å². The third-order valence-corrected chi connectivity index (χ3v) is 1.84. The number of hydrogen-bond donors (Lipinski definition) is 0. The number of benzene rings is 1. The van der Waals surface area contributed by atoms with Gasteiger partial charge in [-0.15, -0.1) is 0 Å². The monoisotopic (exact) mass is 322 g/mol. The third kappa shape index (κ3) is 9.62. The van der Waals surface area contributed by atoms with E-state index in [0.717, 1.165) is 5.75 Å². The van der Waals surface area contributed by atoms with Crippen LogP contribution in [0.1, 0.15) is 0 Å². The molecule has 1 nitrogen and oxygen atoms in total. The molecule has 0 amide bonds. The normalized spacial score (nSPS) is 10.1. The van der Waals surface area contributed by atoms with Crippen molar-refractivity contribution in [1.82, 2.24) is 0 Å². The number of hydrogen-bond acceptors (Lipinski definition) is 1. The molecule has 1 rings (SSSR count). The molecule has 0 N–H and O–H groups in total. The van der Waals surface area contributed by atoms with Gasteiger partial charge in [0.2, 0.25) is 0 Å². The fraction of sp³-hybridized carbons (Fsp3) is 0.143. The number of ether oxygens (including phenoxy) is 1. The fourth-order valence-corrected chi connectivity index (χ4v) is 0.964. The van der Waals surface area contributed by atoms with E-state index in [4.69, 9.17) is 4.74 Å². The summed E-state index contributed by atoms with van der Waals surface area (Å²) >= 11 is 1.99. The van der Waals surface area contributed by atoms with Crippen molar-refractivity contribution in [2.45, 2.75) is 0 Å². The molecule has 0 unspecified atom stereocenters. The molecule has 7 heteroatoms. The molecular weight excluding hydrogens is 314 g/mol. The van der Waals surface area contributed by atoms with E-state index in [1.165, 1.54) is 3.57 Å². The highest BCUT2D eigenvalue weighted by Crippen LogP contribution is 2.06. The lowest BCUT2D eigenvalue weighted by atomic mass is 10.3. The highest BCUT2D eigenvalue weighted by molar-refractivity contribution is 6.50. The van der Waals surface area contributed by atoms with E-state index >= 15 is 0 Å². The molecule has 14 heavy (non-hydrogen) atoms. The van der Waals surface area contributed by atoms with E-state index < -0.39 is 7.25 Å². The van der Waals surface area contributed by atoms with Crippen LogP contribution in [0.4, 0.5) is 17.3 Å². The highest BCUT2D eigenvalue weighted by Gasteiger charge is 2.20. The van der Waals surface area contributed by atoms with E-state index in [9.17, 15) is 17.3 Å². The van der Waals surface area contributed by atoms with Gasteiger partial charge in [-0.2, -0.15) is 0 Å². The van der Waals surface area contributed by atoms with Gasteiger partial charge in [0.1, 0.15) is 5.75 Å². The van der Waals surface area contributed by atoms with Crippen LogP contribution in [-0.2, 0) is 0 Å². The Hall–Kier alpha value is -0.465. The maximum atomic E-state index is 9.75. The number of halogens is 5. The van der Waals surface area contributed by atoms with Gasteiger partial charge >= 0.3 is 7.25 Å². The summed E-state index contributed by atoms with van der Waals surface area (Å²) in [6.07, 6.45) is 0. The number of methoxy groups -OCH3 is 1. The zero-order valence-corrected chi connectivity index (χ0v) is 9.55. The molecule has 0 aliphatic rings. The van der Waals surface area contributed by atoms with Crippen LogP contribution in [-0.4, -0.2) is 14.4 Å². The second-order valence-electron chi connectivity index (χ2n) is 2.17. The van der Waals surface area contributed by atoms with Gasteiger partial charge in [0.05, 0.1) is 7.11 Å². The molecule has 0 saturated carbocycles. The van der Waals surface area contributed by atoms with Crippen molar-refractivity contribution in [2.24, 2.45) is 0 Å². The van der Waals surface area contributed by atoms with E-state index in [-0.39, 0.29) is 0 Å². The Labute approximate surface area is 92.7 Å². The van der Waals surface area contributed by atoms with Gasteiger partial charge < -0.3 is 22.0 Å². The van der Waals surface area contributed by atoms with Crippen LogP contribution in [0.3, 0.4) is 0 Å². The van der Waals surface area contributed by atoms with Gasteiger partial charge in [-0.25, -0.2) is 0 Å². The smallest absolute Gasteiger partial charge is 0.497 e. The molecule has 0 aliphatic carbocycles. The average molecular weight is 322 g/mol. The van der Waals surface area contributed by atoms with E-state index in [2.05, 4.69) is 0 Å². The fourth-order valence-electron chi connectivity index (χ4n) is 0.576. The van der Waals surface area contributed by atoms with Gasteiger partial charge in [-0.05, 0) is 24.3 Å². The van der Waals surface area contributed by atoms with E-state index in [1.54, 1.807) is 7.11 Å². The Kier molecular flexibility index (Phi) is 5.90. The first-order valence-corrected chi connectivity index (χ1v) is 4.68. The molecule has 0 heterocycles. The first kappa shape index (κ1) is 13.5. The molecule has 0 aliphatic heterocycles. The molecule has 1 aromatic carbocycles. The Balaban J connectivity index is 0.000000292. The Morgan fingerprint density at radius 1 is 1.07 bits per heavy atom. The molecule has 0 aromatic heterocycles. The zero-order valence-electron chi connectivity index (χ0n) is 7.22. The van der Waals surface area contributed by atoms with Gasteiger partial charge in [-0.1, -0.05) is 0 Å². The largest absolute Gasteiger partial charge is 0.673 e. The summed E-state index contributed by atoms with van der Waals surface area (Å²) in [4.78, 5) is 0. The molecule has 0 atom stereocenters. The van der Waals surface area contributed by atoms with E-state index in [1.807, 2.05) is 46.9 Å². The van der Waals surface area contributed by atoms with Gasteiger partial charge in [-0.3, -0.25) is 0 Å². The summed E-state index contributed by atoms with van der Waals surface area (Å²) in [5, 5.41) is 0. The lowest BCUT2D eigenvalue weighted by Crippen LogP contribution is -3.34. The third-order valence-electron chi connectivity index (χ3n) is 1.06. The Morgan fingerprint density at radius 2 is 1.43 bits per heavy atom. The summed E-state index contributed by atoms with van der Waals surface area (Å²) in [5.41, 5.74) is 0. The first-order chi connectivity index (χ1) is 6.33. The van der Waals surface area contributed by atoms with Crippen LogP contribution < -0.4 is 27.3 Å². The van der Waals surface area contributed by atoms with Crippen LogP contribution in [0.2, 0.25) is 0 Å². The molecule has 0 saturated heterocycles. The molecule has 80 valence electrons. The lowest BCUT2D eigenvalue weighted by Gasteiger charge is -1.94. The first-order valence-electron chi connectivity index (χ1n) is 3.51. The van der Waals surface area contributed by atoms with Crippen LogP contribution in [0.5, 0.6) is 5.75 Å². The van der Waals surface area contributed by atoms with Crippen LogP contribution in [0, 0.1) is 3.57 Å².